The number of carbonyl (C=O) groups excluding carboxylic acids is 2. The minimum Gasteiger partial charge on any atom is -0.482 e. The number of benzene rings is 2. The maximum Gasteiger partial charge on any atom is 0.270 e. The molecule has 2 N–H and O–H groups in total. The summed E-state index contributed by atoms with van der Waals surface area (Å²) in [6, 6.07) is 12.2. The van der Waals surface area contributed by atoms with Crippen molar-refractivity contribution in [1.82, 2.24) is 25.5 Å². The Labute approximate surface area is 232 Å². The van der Waals surface area contributed by atoms with Gasteiger partial charge in [0.25, 0.3) is 17.8 Å². The van der Waals surface area contributed by atoms with Crippen LogP contribution in [-0.2, 0) is 11.3 Å². The van der Waals surface area contributed by atoms with E-state index in [1.807, 2.05) is 17.0 Å². The van der Waals surface area contributed by atoms with Crippen LogP contribution in [0.1, 0.15) is 62.4 Å². The van der Waals surface area contributed by atoms with Gasteiger partial charge < -0.3 is 9.64 Å². The van der Waals surface area contributed by atoms with Gasteiger partial charge in [-0.15, -0.1) is 5.10 Å². The van der Waals surface area contributed by atoms with Gasteiger partial charge in [0.1, 0.15) is 5.75 Å². The van der Waals surface area contributed by atoms with E-state index in [1.54, 1.807) is 30.3 Å². The molecule has 1 aromatic heterocycles. The molecule has 1 aliphatic carbocycles. The van der Waals surface area contributed by atoms with Gasteiger partial charge >= 0.3 is 0 Å². The van der Waals surface area contributed by atoms with Gasteiger partial charge in [0, 0.05) is 23.2 Å². The fourth-order valence-corrected chi connectivity index (χ4v) is 5.30. The van der Waals surface area contributed by atoms with Crippen molar-refractivity contribution in [3.63, 3.8) is 0 Å². The number of ether oxygens (including phenoxy) is 1. The molecule has 11 heteroatoms. The maximum atomic E-state index is 13.5. The molecule has 1 aliphatic rings. The van der Waals surface area contributed by atoms with E-state index in [4.69, 9.17) is 27.9 Å². The number of halogens is 2. The van der Waals surface area contributed by atoms with Crippen LogP contribution in [0, 0.1) is 11.3 Å². The number of amides is 2. The molecule has 0 aliphatic heterocycles. The third-order valence-electron chi connectivity index (χ3n) is 7.07. The van der Waals surface area contributed by atoms with Crippen LogP contribution in [-0.4, -0.2) is 50.0 Å². The molecule has 4 rings (SSSR count). The van der Waals surface area contributed by atoms with Crippen LogP contribution in [0.25, 0.3) is 0 Å². The van der Waals surface area contributed by atoms with Crippen LogP contribution in [0.2, 0.25) is 10.0 Å². The van der Waals surface area contributed by atoms with Gasteiger partial charge in [-0.05, 0) is 78.1 Å². The first kappa shape index (κ1) is 27.9. The zero-order valence-corrected chi connectivity index (χ0v) is 23.2. The zero-order chi connectivity index (χ0) is 27.3. The average molecular weight is 559 g/mol. The molecule has 2 aromatic carbocycles. The maximum absolute atomic E-state index is 13.5. The van der Waals surface area contributed by atoms with Crippen molar-refractivity contribution < 1.29 is 14.3 Å². The molecule has 1 saturated carbocycles. The lowest BCUT2D eigenvalue weighted by Gasteiger charge is -2.41. The fraction of sp³-hybridized carbons (Fsp3) is 0.444. The van der Waals surface area contributed by atoms with Crippen molar-refractivity contribution in [2.75, 3.05) is 11.9 Å². The molecular weight excluding hydrogens is 527 g/mol. The lowest BCUT2D eigenvalue weighted by molar-refractivity contribution is -0.137. The number of aromatic amines is 1. The van der Waals surface area contributed by atoms with Crippen LogP contribution in [0.4, 0.5) is 5.95 Å². The third kappa shape index (κ3) is 7.23. The lowest BCUT2D eigenvalue weighted by Crippen LogP contribution is -2.45. The smallest absolute Gasteiger partial charge is 0.270 e. The topological polar surface area (TPSA) is 113 Å². The Kier molecular flexibility index (Phi) is 8.89. The minimum absolute atomic E-state index is 0.0995. The standard InChI is InChI=1S/C27H32Cl2N6O3/c1-27(2,3)19-8-11-21(12-9-19)35(24(36)16-38-23-13-10-20(28)14-22(23)29)15-17-4-6-18(7-5-17)25(37)30-26-31-33-34-32-26/h4-7,10,13-14,19,21H,8-9,11-12,15-16H2,1-3H3,(H2,30,31,32,33,34,37). The minimum atomic E-state index is -0.348. The predicted octanol–water partition coefficient (Wildman–Crippen LogP) is 5.77. The Bertz CT molecular complexity index is 1240. The molecule has 3 aromatic rings. The summed E-state index contributed by atoms with van der Waals surface area (Å²) in [6.07, 6.45) is 4.00. The Morgan fingerprint density at radius 2 is 1.79 bits per heavy atom. The van der Waals surface area contributed by atoms with Gasteiger partial charge in [0.15, 0.2) is 6.61 Å². The normalized spacial score (nSPS) is 17.6. The molecule has 0 saturated heterocycles. The number of H-pyrrole nitrogens is 1. The van der Waals surface area contributed by atoms with Crippen molar-refractivity contribution in [3.8, 4) is 5.75 Å². The first-order valence-corrected chi connectivity index (χ1v) is 13.4. The van der Waals surface area contributed by atoms with Crippen molar-refractivity contribution in [2.45, 2.75) is 59.0 Å². The van der Waals surface area contributed by atoms with E-state index < -0.39 is 0 Å². The van der Waals surface area contributed by atoms with Gasteiger partial charge in [-0.25, -0.2) is 0 Å². The summed E-state index contributed by atoms with van der Waals surface area (Å²) in [5.41, 5.74) is 1.60. The van der Waals surface area contributed by atoms with Crippen molar-refractivity contribution in [3.05, 3.63) is 63.6 Å². The highest BCUT2D eigenvalue weighted by molar-refractivity contribution is 6.35. The van der Waals surface area contributed by atoms with E-state index in [2.05, 4.69) is 46.7 Å². The van der Waals surface area contributed by atoms with Crippen molar-refractivity contribution in [2.24, 2.45) is 11.3 Å². The summed E-state index contributed by atoms with van der Waals surface area (Å²) in [7, 11) is 0. The summed E-state index contributed by atoms with van der Waals surface area (Å²) in [4.78, 5) is 27.8. The highest BCUT2D eigenvalue weighted by Crippen LogP contribution is 2.39. The number of aromatic nitrogens is 4. The second-order valence-electron chi connectivity index (χ2n) is 10.6. The summed E-state index contributed by atoms with van der Waals surface area (Å²) >= 11 is 12.2. The van der Waals surface area contributed by atoms with E-state index in [-0.39, 0.29) is 35.8 Å². The van der Waals surface area contributed by atoms with Crippen LogP contribution in [0.5, 0.6) is 5.75 Å². The van der Waals surface area contributed by atoms with E-state index in [9.17, 15) is 9.59 Å². The number of hydrogen-bond acceptors (Lipinski definition) is 6. The van der Waals surface area contributed by atoms with Gasteiger partial charge in [0.05, 0.1) is 5.02 Å². The number of tetrazole rings is 1. The quantitative estimate of drug-likeness (QED) is 0.362. The van der Waals surface area contributed by atoms with E-state index >= 15 is 0 Å². The average Bonchev–Trinajstić information content (AvgIpc) is 3.39. The Balaban J connectivity index is 1.46. The summed E-state index contributed by atoms with van der Waals surface area (Å²) in [5, 5.41) is 16.6. The summed E-state index contributed by atoms with van der Waals surface area (Å²) in [6.45, 7) is 7.11. The van der Waals surface area contributed by atoms with E-state index in [0.29, 0.717) is 33.8 Å². The number of rotatable bonds is 8. The third-order valence-corrected chi connectivity index (χ3v) is 7.60. The monoisotopic (exact) mass is 558 g/mol. The molecule has 38 heavy (non-hydrogen) atoms. The molecular formula is C27H32Cl2N6O3. The van der Waals surface area contributed by atoms with E-state index in [1.165, 1.54) is 0 Å². The molecule has 0 unspecified atom stereocenters. The van der Waals surface area contributed by atoms with Gasteiger partial charge in [0.2, 0.25) is 0 Å². The molecule has 202 valence electrons. The molecule has 0 radical (unpaired) electrons. The van der Waals surface area contributed by atoms with Crippen LogP contribution >= 0.6 is 23.2 Å². The van der Waals surface area contributed by atoms with Gasteiger partial charge in [-0.1, -0.05) is 61.2 Å². The Hall–Kier alpha value is -3.17. The summed E-state index contributed by atoms with van der Waals surface area (Å²) < 4.78 is 5.78. The van der Waals surface area contributed by atoms with Crippen molar-refractivity contribution >= 4 is 41.0 Å². The SMILES string of the molecule is CC(C)(C)C1CCC(N(Cc2ccc(C(=O)Nc3nn[nH]n3)cc2)C(=O)COc2ccc(Cl)cc2Cl)CC1. The Morgan fingerprint density at radius 1 is 1.08 bits per heavy atom. The predicted molar refractivity (Wildman–Crippen MR) is 146 cm³/mol. The number of nitrogens with one attached hydrogen (secondary N) is 2. The second-order valence-corrected chi connectivity index (χ2v) is 11.5. The fourth-order valence-electron chi connectivity index (χ4n) is 4.84. The number of anilines is 1. The number of nitrogens with zero attached hydrogens (tertiary/aromatic N) is 4. The van der Waals surface area contributed by atoms with Gasteiger partial charge in [-0.3, -0.25) is 14.9 Å². The first-order chi connectivity index (χ1) is 18.1. The Morgan fingerprint density at radius 3 is 2.39 bits per heavy atom. The lowest BCUT2D eigenvalue weighted by atomic mass is 9.71. The molecule has 0 atom stereocenters. The molecule has 0 bridgehead atoms. The van der Waals surface area contributed by atoms with Crippen LogP contribution in [0.15, 0.2) is 42.5 Å². The highest BCUT2D eigenvalue weighted by Gasteiger charge is 2.33. The van der Waals surface area contributed by atoms with Crippen LogP contribution in [0.3, 0.4) is 0 Å². The summed E-state index contributed by atoms with van der Waals surface area (Å²) in [5.74, 6) is 0.672. The largest absolute Gasteiger partial charge is 0.482 e. The van der Waals surface area contributed by atoms with Crippen molar-refractivity contribution in [1.29, 1.82) is 0 Å². The molecule has 2 amide bonds. The molecule has 1 heterocycles. The number of hydrogen-bond donors (Lipinski definition) is 2. The second kappa shape index (κ2) is 12.1. The van der Waals surface area contributed by atoms with E-state index in [0.717, 1.165) is 31.2 Å². The van der Waals surface area contributed by atoms with Crippen LogP contribution < -0.4 is 10.1 Å². The first-order valence-electron chi connectivity index (χ1n) is 12.6. The zero-order valence-electron chi connectivity index (χ0n) is 21.7. The molecule has 9 nitrogen and oxygen atoms in total. The number of carbonyl (C=O) groups is 2. The highest BCUT2D eigenvalue weighted by atomic mass is 35.5. The molecule has 1 fully saturated rings. The molecule has 0 spiro atoms. The van der Waals surface area contributed by atoms with Gasteiger partial charge in [-0.2, -0.15) is 5.21 Å².